The third kappa shape index (κ3) is 3.80. The summed E-state index contributed by atoms with van der Waals surface area (Å²) in [6.45, 7) is 1.62. The number of aromatic nitrogens is 3. The van der Waals surface area contributed by atoms with Crippen LogP contribution in [0.2, 0.25) is 10.0 Å². The van der Waals surface area contributed by atoms with Crippen LogP contribution in [0.1, 0.15) is 5.56 Å². The highest BCUT2D eigenvalue weighted by Crippen LogP contribution is 2.40. The SMILES string of the molecule is CSc1ccc(N2COC(Cn3cncn3)(c3ccc(Cl)cc3Cl)C2)cc1. The van der Waals surface area contributed by atoms with E-state index in [4.69, 9.17) is 27.9 Å². The van der Waals surface area contributed by atoms with Gasteiger partial charge in [0.05, 0.1) is 13.1 Å². The van der Waals surface area contributed by atoms with Gasteiger partial charge in [0.25, 0.3) is 0 Å². The van der Waals surface area contributed by atoms with Crippen molar-refractivity contribution in [3.05, 3.63) is 70.7 Å². The number of nitrogens with zero attached hydrogens (tertiary/aromatic N) is 4. The molecule has 27 heavy (non-hydrogen) atoms. The van der Waals surface area contributed by atoms with Crippen molar-refractivity contribution < 1.29 is 4.74 Å². The van der Waals surface area contributed by atoms with E-state index in [9.17, 15) is 0 Å². The molecule has 0 amide bonds. The Hall–Kier alpha value is -1.73. The fraction of sp³-hybridized carbons (Fsp3) is 0.263. The highest BCUT2D eigenvalue weighted by atomic mass is 35.5. The first-order valence-electron chi connectivity index (χ1n) is 8.40. The fourth-order valence-electron chi connectivity index (χ4n) is 3.34. The van der Waals surface area contributed by atoms with Crippen molar-refractivity contribution in [2.24, 2.45) is 0 Å². The van der Waals surface area contributed by atoms with Crippen LogP contribution in [0.15, 0.2) is 60.0 Å². The number of hydrogen-bond donors (Lipinski definition) is 0. The molecule has 0 bridgehead atoms. The molecule has 1 atom stereocenters. The van der Waals surface area contributed by atoms with Crippen LogP contribution in [-0.4, -0.2) is 34.3 Å². The largest absolute Gasteiger partial charge is 0.346 e. The summed E-state index contributed by atoms with van der Waals surface area (Å²) in [6, 6.07) is 14.0. The Morgan fingerprint density at radius 1 is 1.19 bits per heavy atom. The number of thioether (sulfide) groups is 1. The topological polar surface area (TPSA) is 43.2 Å². The molecule has 3 aromatic rings. The lowest BCUT2D eigenvalue weighted by molar-refractivity contribution is -0.00883. The molecular weight excluding hydrogens is 403 g/mol. The van der Waals surface area contributed by atoms with Gasteiger partial charge >= 0.3 is 0 Å². The summed E-state index contributed by atoms with van der Waals surface area (Å²) in [6.07, 6.45) is 5.27. The Balaban J connectivity index is 1.68. The molecule has 1 saturated heterocycles. The molecule has 1 aromatic heterocycles. The van der Waals surface area contributed by atoms with Crippen LogP contribution in [-0.2, 0) is 16.9 Å². The van der Waals surface area contributed by atoms with Crippen LogP contribution < -0.4 is 4.90 Å². The van der Waals surface area contributed by atoms with E-state index in [1.54, 1.807) is 28.8 Å². The zero-order chi connectivity index (χ0) is 18.9. The summed E-state index contributed by atoms with van der Waals surface area (Å²) < 4.78 is 8.12. The van der Waals surface area contributed by atoms with Crippen LogP contribution in [0.25, 0.3) is 0 Å². The summed E-state index contributed by atoms with van der Waals surface area (Å²) >= 11 is 14.4. The average Bonchev–Trinajstić information content (AvgIpc) is 3.33. The van der Waals surface area contributed by atoms with Crippen molar-refractivity contribution >= 4 is 40.7 Å². The van der Waals surface area contributed by atoms with Crippen molar-refractivity contribution in [1.82, 2.24) is 14.8 Å². The van der Waals surface area contributed by atoms with E-state index in [1.165, 1.54) is 11.2 Å². The second-order valence-electron chi connectivity index (χ2n) is 6.38. The number of ether oxygens (including phenoxy) is 1. The highest BCUT2D eigenvalue weighted by molar-refractivity contribution is 7.98. The maximum Gasteiger partial charge on any atom is 0.137 e. The Bertz CT molecular complexity index is 920. The minimum Gasteiger partial charge on any atom is -0.346 e. The number of halogens is 2. The smallest absolute Gasteiger partial charge is 0.137 e. The molecule has 4 rings (SSSR count). The standard InChI is InChI=1S/C19H18Cl2N4OS/c1-27-16-5-3-15(4-6-16)24-9-19(26-13-24,10-25-12-22-11-23-25)17-7-2-14(20)8-18(17)21/h2-8,11-12H,9-10,13H2,1H3. The zero-order valence-corrected chi connectivity index (χ0v) is 17.0. The number of hydrogen-bond acceptors (Lipinski definition) is 5. The molecule has 1 unspecified atom stereocenters. The van der Waals surface area contributed by atoms with E-state index in [-0.39, 0.29) is 0 Å². The van der Waals surface area contributed by atoms with Gasteiger partial charge in [0.2, 0.25) is 0 Å². The van der Waals surface area contributed by atoms with Crippen LogP contribution in [0, 0.1) is 0 Å². The predicted octanol–water partition coefficient (Wildman–Crippen LogP) is 4.70. The van der Waals surface area contributed by atoms with Crippen molar-refractivity contribution in [3.63, 3.8) is 0 Å². The molecule has 0 saturated carbocycles. The molecule has 0 N–H and O–H groups in total. The first kappa shape index (κ1) is 18.6. The Labute approximate surface area is 172 Å². The van der Waals surface area contributed by atoms with Gasteiger partial charge in [-0.25, -0.2) is 9.67 Å². The van der Waals surface area contributed by atoms with E-state index in [2.05, 4.69) is 45.5 Å². The Morgan fingerprint density at radius 3 is 2.67 bits per heavy atom. The molecule has 140 valence electrons. The van der Waals surface area contributed by atoms with Crippen LogP contribution in [0.3, 0.4) is 0 Å². The van der Waals surface area contributed by atoms with E-state index in [0.29, 0.717) is 29.9 Å². The molecular formula is C19H18Cl2N4OS. The summed E-state index contributed by atoms with van der Waals surface area (Å²) in [5.41, 5.74) is 1.36. The molecule has 2 aromatic carbocycles. The van der Waals surface area contributed by atoms with Crippen molar-refractivity contribution in [2.75, 3.05) is 24.4 Å². The van der Waals surface area contributed by atoms with Crippen LogP contribution in [0.5, 0.6) is 0 Å². The minimum absolute atomic E-state index is 0.465. The first-order valence-corrected chi connectivity index (χ1v) is 10.4. The lowest BCUT2D eigenvalue weighted by Crippen LogP contribution is -2.37. The molecule has 1 aliphatic rings. The van der Waals surface area contributed by atoms with Gasteiger partial charge in [0.1, 0.15) is 25.0 Å². The summed E-state index contributed by atoms with van der Waals surface area (Å²) in [5, 5.41) is 5.44. The summed E-state index contributed by atoms with van der Waals surface area (Å²) in [7, 11) is 0. The average molecular weight is 421 g/mol. The third-order valence-corrected chi connectivity index (χ3v) is 5.98. The van der Waals surface area contributed by atoms with Gasteiger partial charge in [-0.1, -0.05) is 29.3 Å². The van der Waals surface area contributed by atoms with Gasteiger partial charge in [-0.15, -0.1) is 11.8 Å². The van der Waals surface area contributed by atoms with Crippen molar-refractivity contribution in [1.29, 1.82) is 0 Å². The molecule has 5 nitrogen and oxygen atoms in total. The van der Waals surface area contributed by atoms with Crippen molar-refractivity contribution in [3.8, 4) is 0 Å². The van der Waals surface area contributed by atoms with Gasteiger partial charge < -0.3 is 9.64 Å². The minimum atomic E-state index is -0.645. The molecule has 1 fully saturated rings. The lowest BCUT2D eigenvalue weighted by atomic mass is 9.93. The highest BCUT2D eigenvalue weighted by Gasteiger charge is 2.43. The summed E-state index contributed by atoms with van der Waals surface area (Å²) in [4.78, 5) is 7.48. The molecule has 0 aliphatic carbocycles. The lowest BCUT2D eigenvalue weighted by Gasteiger charge is -2.29. The molecule has 2 heterocycles. The van der Waals surface area contributed by atoms with Gasteiger partial charge in [-0.05, 0) is 42.7 Å². The van der Waals surface area contributed by atoms with Gasteiger partial charge in [-0.2, -0.15) is 5.10 Å². The van der Waals surface area contributed by atoms with E-state index >= 15 is 0 Å². The second-order valence-corrected chi connectivity index (χ2v) is 8.10. The molecule has 0 radical (unpaired) electrons. The van der Waals surface area contributed by atoms with E-state index < -0.39 is 5.60 Å². The van der Waals surface area contributed by atoms with Crippen molar-refractivity contribution in [2.45, 2.75) is 17.0 Å². The Morgan fingerprint density at radius 2 is 2.00 bits per heavy atom. The number of benzene rings is 2. The van der Waals surface area contributed by atoms with Crippen LogP contribution >= 0.6 is 35.0 Å². The van der Waals surface area contributed by atoms with Gasteiger partial charge in [-0.3, -0.25) is 0 Å². The van der Waals surface area contributed by atoms with Gasteiger partial charge in [0, 0.05) is 26.2 Å². The molecule has 8 heteroatoms. The monoisotopic (exact) mass is 420 g/mol. The normalized spacial score (nSPS) is 19.6. The zero-order valence-electron chi connectivity index (χ0n) is 14.7. The quantitative estimate of drug-likeness (QED) is 0.559. The maximum atomic E-state index is 6.54. The first-order chi connectivity index (χ1) is 13.1. The second kappa shape index (κ2) is 7.72. The summed E-state index contributed by atoms with van der Waals surface area (Å²) in [5.74, 6) is 0. The third-order valence-electron chi connectivity index (χ3n) is 4.69. The van der Waals surface area contributed by atoms with Crippen LogP contribution in [0.4, 0.5) is 5.69 Å². The molecule has 0 spiro atoms. The predicted molar refractivity (Wildman–Crippen MR) is 110 cm³/mol. The maximum absolute atomic E-state index is 6.54. The Kier molecular flexibility index (Phi) is 5.32. The number of anilines is 1. The van der Waals surface area contributed by atoms with E-state index in [0.717, 1.165) is 11.3 Å². The number of rotatable bonds is 5. The van der Waals surface area contributed by atoms with Gasteiger partial charge in [0.15, 0.2) is 0 Å². The fourth-order valence-corrected chi connectivity index (χ4v) is 4.33. The molecule has 1 aliphatic heterocycles. The van der Waals surface area contributed by atoms with E-state index in [1.807, 2.05) is 12.1 Å².